The molecule has 0 saturated carbocycles. The zero-order chi connectivity index (χ0) is 17.9. The zero-order valence-corrected chi connectivity index (χ0v) is 15.9. The molecule has 2 aromatic rings. The third-order valence-corrected chi connectivity index (χ3v) is 6.54. The summed E-state index contributed by atoms with van der Waals surface area (Å²) in [5.74, 6) is 0.356. The molecule has 25 heavy (non-hydrogen) atoms. The Bertz CT molecular complexity index is 839. The van der Waals surface area contributed by atoms with Gasteiger partial charge in [0, 0.05) is 23.3 Å². The van der Waals surface area contributed by atoms with Crippen LogP contribution in [0, 0.1) is 0 Å². The van der Waals surface area contributed by atoms with Gasteiger partial charge in [0.25, 0.3) is 0 Å². The van der Waals surface area contributed by atoms with Crippen LogP contribution in [0.15, 0.2) is 54.6 Å². The van der Waals surface area contributed by atoms with Crippen LogP contribution in [0.25, 0.3) is 0 Å². The van der Waals surface area contributed by atoms with Crippen molar-refractivity contribution >= 4 is 44.5 Å². The van der Waals surface area contributed by atoms with Gasteiger partial charge in [-0.25, -0.2) is 8.42 Å². The van der Waals surface area contributed by atoms with Crippen molar-refractivity contribution in [2.75, 3.05) is 16.8 Å². The molecular weight excluding hydrogens is 376 g/mol. The summed E-state index contributed by atoms with van der Waals surface area (Å²) < 4.78 is 23.8. The number of thiocarbonyl (C=S) groups is 1. The van der Waals surface area contributed by atoms with Crippen LogP contribution in [0.1, 0.15) is 12.0 Å². The highest BCUT2D eigenvalue weighted by Crippen LogP contribution is 2.22. The van der Waals surface area contributed by atoms with Gasteiger partial charge in [-0.15, -0.1) is 0 Å². The maximum atomic E-state index is 11.9. The summed E-state index contributed by atoms with van der Waals surface area (Å²) >= 11 is 11.5. The minimum atomic E-state index is -2.99. The fourth-order valence-electron chi connectivity index (χ4n) is 2.90. The van der Waals surface area contributed by atoms with E-state index in [9.17, 15) is 8.42 Å². The molecule has 2 aromatic carbocycles. The molecule has 0 bridgehead atoms. The van der Waals surface area contributed by atoms with Crippen LogP contribution in [-0.2, 0) is 16.4 Å². The third-order valence-electron chi connectivity index (χ3n) is 4.20. The highest BCUT2D eigenvalue weighted by atomic mass is 35.5. The average Bonchev–Trinajstić information content (AvgIpc) is 2.95. The number of nitrogens with one attached hydrogen (secondary N) is 1. The van der Waals surface area contributed by atoms with Crippen LogP contribution in [0.4, 0.5) is 5.69 Å². The molecule has 0 unspecified atom stereocenters. The molecule has 0 spiro atoms. The molecule has 3 rings (SSSR count). The number of rotatable bonds is 4. The molecule has 1 N–H and O–H groups in total. The predicted molar refractivity (Wildman–Crippen MR) is 107 cm³/mol. The molecule has 132 valence electrons. The number of halogens is 1. The van der Waals surface area contributed by atoms with E-state index >= 15 is 0 Å². The van der Waals surface area contributed by atoms with E-state index < -0.39 is 9.84 Å². The Morgan fingerprint density at radius 1 is 1.16 bits per heavy atom. The van der Waals surface area contributed by atoms with E-state index in [-0.39, 0.29) is 17.5 Å². The first-order valence-corrected chi connectivity index (χ1v) is 10.6. The van der Waals surface area contributed by atoms with Crippen molar-refractivity contribution in [3.05, 3.63) is 65.2 Å². The number of sulfone groups is 1. The average molecular weight is 395 g/mol. The Balaban J connectivity index is 1.79. The Hall–Kier alpha value is -1.63. The maximum absolute atomic E-state index is 11.9. The Kier molecular flexibility index (Phi) is 5.61. The van der Waals surface area contributed by atoms with Crippen molar-refractivity contribution in [3.63, 3.8) is 0 Å². The second-order valence-electron chi connectivity index (χ2n) is 6.11. The maximum Gasteiger partial charge on any atom is 0.174 e. The largest absolute Gasteiger partial charge is 0.341 e. The van der Waals surface area contributed by atoms with E-state index in [1.807, 2.05) is 47.4 Å². The van der Waals surface area contributed by atoms with Crippen LogP contribution >= 0.6 is 23.8 Å². The van der Waals surface area contributed by atoms with Crippen LogP contribution < -0.4 is 5.32 Å². The summed E-state index contributed by atoms with van der Waals surface area (Å²) in [6.45, 7) is 0.570. The molecule has 0 radical (unpaired) electrons. The quantitative estimate of drug-likeness (QED) is 0.801. The molecule has 1 atom stereocenters. The summed E-state index contributed by atoms with van der Waals surface area (Å²) in [5, 5.41) is 4.37. The topological polar surface area (TPSA) is 49.4 Å². The van der Waals surface area contributed by atoms with Gasteiger partial charge in [-0.1, -0.05) is 41.9 Å². The summed E-state index contributed by atoms with van der Waals surface area (Å²) in [6.07, 6.45) is 0.595. The van der Waals surface area contributed by atoms with E-state index in [4.69, 9.17) is 23.8 Å². The van der Waals surface area contributed by atoms with Gasteiger partial charge in [0.2, 0.25) is 0 Å². The molecule has 1 aliphatic rings. The molecule has 0 aromatic heterocycles. The van der Waals surface area contributed by atoms with Crippen LogP contribution in [0.2, 0.25) is 5.02 Å². The summed E-state index contributed by atoms with van der Waals surface area (Å²) in [4.78, 5) is 1.98. The number of nitrogens with zero attached hydrogens (tertiary/aromatic N) is 1. The molecule has 7 heteroatoms. The van der Waals surface area contributed by atoms with Crippen molar-refractivity contribution in [2.45, 2.75) is 19.0 Å². The first kappa shape index (κ1) is 18.2. The Morgan fingerprint density at radius 3 is 2.44 bits per heavy atom. The summed E-state index contributed by atoms with van der Waals surface area (Å²) in [6, 6.07) is 17.1. The summed E-state index contributed by atoms with van der Waals surface area (Å²) in [5.41, 5.74) is 1.92. The van der Waals surface area contributed by atoms with Gasteiger partial charge >= 0.3 is 0 Å². The lowest BCUT2D eigenvalue weighted by molar-refractivity contribution is 0.332. The van der Waals surface area contributed by atoms with Crippen molar-refractivity contribution < 1.29 is 8.42 Å². The number of benzene rings is 2. The molecule has 1 aliphatic heterocycles. The molecule has 4 nitrogen and oxygen atoms in total. The van der Waals surface area contributed by atoms with Crippen molar-refractivity contribution in [1.29, 1.82) is 0 Å². The minimum Gasteiger partial charge on any atom is -0.341 e. The predicted octanol–water partition coefficient (Wildman–Crippen LogP) is 3.73. The first-order valence-electron chi connectivity index (χ1n) is 8.00. The monoisotopic (exact) mass is 394 g/mol. The van der Waals surface area contributed by atoms with Crippen molar-refractivity contribution in [2.24, 2.45) is 0 Å². The minimum absolute atomic E-state index is 0.113. The number of hydrogen-bond donors (Lipinski definition) is 1. The Labute approximate surface area is 158 Å². The first-order chi connectivity index (χ1) is 11.9. The fraction of sp³-hybridized carbons (Fsp3) is 0.278. The van der Waals surface area contributed by atoms with Gasteiger partial charge in [-0.3, -0.25) is 0 Å². The second kappa shape index (κ2) is 7.72. The standard InChI is InChI=1S/C18H19ClN2O2S2/c19-15-6-8-16(9-7-15)20-18(24)21(12-14-4-2-1-3-5-14)17-10-11-25(22,23)13-17/h1-9,17H,10-13H2,(H,20,24)/t17-/m1/s1. The third kappa shape index (κ3) is 4.93. The summed E-state index contributed by atoms with van der Waals surface area (Å²) in [7, 11) is -2.99. The number of hydrogen-bond acceptors (Lipinski definition) is 3. The van der Waals surface area contributed by atoms with Gasteiger partial charge < -0.3 is 10.2 Å². The van der Waals surface area contributed by atoms with Gasteiger partial charge in [-0.05, 0) is 48.5 Å². The normalized spacial score (nSPS) is 18.7. The molecule has 1 heterocycles. The lowest BCUT2D eigenvalue weighted by Gasteiger charge is -2.31. The van der Waals surface area contributed by atoms with Gasteiger partial charge in [0.1, 0.15) is 0 Å². The van der Waals surface area contributed by atoms with E-state index in [2.05, 4.69) is 5.32 Å². The SMILES string of the molecule is O=S1(=O)CC[C@@H](N(Cc2ccccc2)C(=S)Nc2ccc(Cl)cc2)C1. The van der Waals surface area contributed by atoms with Crippen LogP contribution in [-0.4, -0.2) is 36.0 Å². The van der Waals surface area contributed by atoms with Crippen LogP contribution in [0.3, 0.4) is 0 Å². The molecule has 0 aliphatic carbocycles. The molecule has 1 fully saturated rings. The number of anilines is 1. The van der Waals surface area contributed by atoms with Crippen LogP contribution in [0.5, 0.6) is 0 Å². The smallest absolute Gasteiger partial charge is 0.174 e. The van der Waals surface area contributed by atoms with Gasteiger partial charge in [0.15, 0.2) is 14.9 Å². The second-order valence-corrected chi connectivity index (χ2v) is 9.16. The van der Waals surface area contributed by atoms with E-state index in [1.54, 1.807) is 12.1 Å². The van der Waals surface area contributed by atoms with Gasteiger partial charge in [-0.2, -0.15) is 0 Å². The van der Waals surface area contributed by atoms with Crippen molar-refractivity contribution in [3.8, 4) is 0 Å². The Morgan fingerprint density at radius 2 is 1.84 bits per heavy atom. The van der Waals surface area contributed by atoms with Crippen molar-refractivity contribution in [1.82, 2.24) is 4.90 Å². The molecule has 0 amide bonds. The van der Waals surface area contributed by atoms with E-state index in [1.165, 1.54) is 0 Å². The van der Waals surface area contributed by atoms with E-state index in [0.29, 0.717) is 23.1 Å². The van der Waals surface area contributed by atoms with Gasteiger partial charge in [0.05, 0.1) is 11.5 Å². The lowest BCUT2D eigenvalue weighted by Crippen LogP contribution is -2.42. The highest BCUT2D eigenvalue weighted by molar-refractivity contribution is 7.91. The molecule has 1 saturated heterocycles. The zero-order valence-electron chi connectivity index (χ0n) is 13.6. The lowest BCUT2D eigenvalue weighted by atomic mass is 10.1. The highest BCUT2D eigenvalue weighted by Gasteiger charge is 2.33. The molecular formula is C18H19ClN2O2S2. The van der Waals surface area contributed by atoms with E-state index in [0.717, 1.165) is 11.3 Å². The fourth-order valence-corrected chi connectivity index (χ4v) is 5.08.